The number of nitrogens with zero attached hydrogens (tertiary/aromatic N) is 1. The van der Waals surface area contributed by atoms with Gasteiger partial charge < -0.3 is 10.4 Å². The summed E-state index contributed by atoms with van der Waals surface area (Å²) in [4.78, 5) is 28.3. The molecule has 1 aromatic heterocycles. The molecule has 1 amide bonds. The van der Waals surface area contributed by atoms with E-state index in [1.54, 1.807) is 42.5 Å². The molecule has 122 valence electrons. The van der Waals surface area contributed by atoms with Crippen molar-refractivity contribution in [2.45, 2.75) is 30.4 Å². The fourth-order valence-corrected chi connectivity index (χ4v) is 3.49. The quantitative estimate of drug-likeness (QED) is 0.751. The number of hydrogen-bond acceptors (Lipinski definition) is 5. The van der Waals surface area contributed by atoms with E-state index >= 15 is 0 Å². The topological polar surface area (TPSA) is 79.3 Å². The second-order valence-electron chi connectivity index (χ2n) is 4.96. The number of hydrogen-bond donors (Lipinski definition) is 2. The highest BCUT2D eigenvalue weighted by Crippen LogP contribution is 2.26. The minimum Gasteiger partial charge on any atom is -0.480 e. The SMILES string of the molecule is Cc1nc(CCNC(=O)c2ccccc2SC(C)C(=O)O)cs1. The highest BCUT2D eigenvalue weighted by Gasteiger charge is 2.17. The molecule has 2 aromatic rings. The predicted octanol–water partition coefficient (Wildman–Crippen LogP) is 2.99. The number of thiazole rings is 1. The van der Waals surface area contributed by atoms with E-state index in [2.05, 4.69) is 10.3 Å². The maximum Gasteiger partial charge on any atom is 0.316 e. The number of nitrogens with one attached hydrogen (secondary N) is 1. The van der Waals surface area contributed by atoms with Gasteiger partial charge in [0.05, 0.1) is 16.3 Å². The zero-order chi connectivity index (χ0) is 16.8. The maximum absolute atomic E-state index is 12.3. The Labute approximate surface area is 143 Å². The van der Waals surface area contributed by atoms with Crippen LogP contribution in [0.3, 0.4) is 0 Å². The fraction of sp³-hybridized carbons (Fsp3) is 0.312. The summed E-state index contributed by atoms with van der Waals surface area (Å²) >= 11 is 2.76. The van der Waals surface area contributed by atoms with Crippen molar-refractivity contribution in [3.63, 3.8) is 0 Å². The molecule has 2 N–H and O–H groups in total. The van der Waals surface area contributed by atoms with Crippen molar-refractivity contribution >= 4 is 35.0 Å². The Hall–Kier alpha value is -1.86. The first-order chi connectivity index (χ1) is 11.0. The summed E-state index contributed by atoms with van der Waals surface area (Å²) in [5.74, 6) is -1.10. The average molecular weight is 350 g/mol. The van der Waals surface area contributed by atoms with E-state index in [-0.39, 0.29) is 5.91 Å². The number of aromatic nitrogens is 1. The number of carboxylic acid groups (broad SMARTS) is 1. The predicted molar refractivity (Wildman–Crippen MR) is 92.3 cm³/mol. The minimum absolute atomic E-state index is 0.197. The van der Waals surface area contributed by atoms with Gasteiger partial charge in [-0.3, -0.25) is 9.59 Å². The number of thioether (sulfide) groups is 1. The molecular weight excluding hydrogens is 332 g/mol. The molecule has 2 rings (SSSR count). The summed E-state index contributed by atoms with van der Waals surface area (Å²) in [5.41, 5.74) is 1.47. The van der Waals surface area contributed by atoms with Crippen LogP contribution in [0.1, 0.15) is 28.0 Å². The Balaban J connectivity index is 1.97. The van der Waals surface area contributed by atoms with Crippen LogP contribution in [0.2, 0.25) is 0 Å². The Bertz CT molecular complexity index is 700. The van der Waals surface area contributed by atoms with Crippen LogP contribution in [0.5, 0.6) is 0 Å². The molecule has 0 fully saturated rings. The molecule has 1 unspecified atom stereocenters. The number of benzene rings is 1. The van der Waals surface area contributed by atoms with Gasteiger partial charge >= 0.3 is 5.97 Å². The largest absolute Gasteiger partial charge is 0.480 e. The second kappa shape index (κ2) is 8.12. The summed E-state index contributed by atoms with van der Waals surface area (Å²) in [7, 11) is 0. The number of rotatable bonds is 7. The summed E-state index contributed by atoms with van der Waals surface area (Å²) in [6.45, 7) is 4.05. The van der Waals surface area contributed by atoms with Crippen molar-refractivity contribution in [3.8, 4) is 0 Å². The molecule has 0 radical (unpaired) electrons. The standard InChI is InChI=1S/C16H18N2O3S2/c1-10(16(20)21)23-14-6-4-3-5-13(14)15(19)17-8-7-12-9-22-11(2)18-12/h3-6,9-10H,7-8H2,1-2H3,(H,17,19)(H,20,21). The Kier molecular flexibility index (Phi) is 6.18. The normalized spacial score (nSPS) is 11.9. The maximum atomic E-state index is 12.3. The van der Waals surface area contributed by atoms with E-state index in [0.29, 0.717) is 23.4 Å². The van der Waals surface area contributed by atoms with Gasteiger partial charge in [0, 0.05) is 23.2 Å². The number of amides is 1. The van der Waals surface area contributed by atoms with Crippen molar-refractivity contribution in [2.24, 2.45) is 0 Å². The molecule has 23 heavy (non-hydrogen) atoms. The lowest BCUT2D eigenvalue weighted by atomic mass is 10.2. The van der Waals surface area contributed by atoms with Crippen LogP contribution in [0, 0.1) is 6.92 Å². The zero-order valence-corrected chi connectivity index (χ0v) is 14.5. The molecule has 0 saturated carbocycles. The Morgan fingerprint density at radius 1 is 1.39 bits per heavy atom. The molecule has 7 heteroatoms. The van der Waals surface area contributed by atoms with Crippen LogP contribution in [0.25, 0.3) is 0 Å². The molecule has 1 aromatic carbocycles. The van der Waals surface area contributed by atoms with Gasteiger partial charge in [-0.15, -0.1) is 23.1 Å². The summed E-state index contributed by atoms with van der Waals surface area (Å²) in [6.07, 6.45) is 0.677. The fourth-order valence-electron chi connectivity index (χ4n) is 1.92. The monoisotopic (exact) mass is 350 g/mol. The minimum atomic E-state index is -0.899. The molecule has 0 bridgehead atoms. The Morgan fingerprint density at radius 2 is 2.13 bits per heavy atom. The van der Waals surface area contributed by atoms with Crippen molar-refractivity contribution < 1.29 is 14.7 Å². The smallest absolute Gasteiger partial charge is 0.316 e. The number of aliphatic carboxylic acids is 1. The van der Waals surface area contributed by atoms with E-state index in [4.69, 9.17) is 5.11 Å². The zero-order valence-electron chi connectivity index (χ0n) is 12.9. The lowest BCUT2D eigenvalue weighted by Crippen LogP contribution is -2.26. The molecule has 0 aliphatic heterocycles. The molecule has 0 spiro atoms. The number of carbonyl (C=O) groups excluding carboxylic acids is 1. The highest BCUT2D eigenvalue weighted by atomic mass is 32.2. The summed E-state index contributed by atoms with van der Waals surface area (Å²) in [6, 6.07) is 7.04. The third kappa shape index (κ3) is 5.07. The van der Waals surface area contributed by atoms with E-state index in [1.807, 2.05) is 12.3 Å². The third-order valence-electron chi connectivity index (χ3n) is 3.12. The van der Waals surface area contributed by atoms with E-state index in [0.717, 1.165) is 10.7 Å². The molecule has 1 heterocycles. The molecule has 0 aliphatic rings. The summed E-state index contributed by atoms with van der Waals surface area (Å²) < 4.78 is 0. The number of carboxylic acids is 1. The molecular formula is C16H18N2O3S2. The van der Waals surface area contributed by atoms with Crippen molar-refractivity contribution in [3.05, 3.63) is 45.9 Å². The van der Waals surface area contributed by atoms with Crippen LogP contribution in [0.15, 0.2) is 34.5 Å². The van der Waals surface area contributed by atoms with Gasteiger partial charge in [-0.25, -0.2) is 4.98 Å². The average Bonchev–Trinajstić information content (AvgIpc) is 2.93. The van der Waals surface area contributed by atoms with Crippen LogP contribution in [-0.2, 0) is 11.2 Å². The molecule has 1 atom stereocenters. The first-order valence-electron chi connectivity index (χ1n) is 7.15. The van der Waals surface area contributed by atoms with Crippen LogP contribution >= 0.6 is 23.1 Å². The van der Waals surface area contributed by atoms with Gasteiger partial charge in [0.15, 0.2) is 0 Å². The first kappa shape index (κ1) is 17.5. The van der Waals surface area contributed by atoms with Gasteiger partial charge in [0.25, 0.3) is 5.91 Å². The van der Waals surface area contributed by atoms with Crippen LogP contribution < -0.4 is 5.32 Å². The number of carbonyl (C=O) groups is 2. The van der Waals surface area contributed by atoms with Gasteiger partial charge in [0.1, 0.15) is 5.25 Å². The van der Waals surface area contributed by atoms with Crippen LogP contribution in [-0.4, -0.2) is 33.8 Å². The van der Waals surface area contributed by atoms with Gasteiger partial charge in [-0.2, -0.15) is 0 Å². The van der Waals surface area contributed by atoms with E-state index in [9.17, 15) is 9.59 Å². The van der Waals surface area contributed by atoms with E-state index < -0.39 is 11.2 Å². The van der Waals surface area contributed by atoms with Gasteiger partial charge in [-0.1, -0.05) is 12.1 Å². The number of aryl methyl sites for hydroxylation is 1. The lowest BCUT2D eigenvalue weighted by molar-refractivity contribution is -0.136. The summed E-state index contributed by atoms with van der Waals surface area (Å²) in [5, 5.41) is 14.3. The van der Waals surface area contributed by atoms with Crippen molar-refractivity contribution in [1.82, 2.24) is 10.3 Å². The highest BCUT2D eigenvalue weighted by molar-refractivity contribution is 8.00. The molecule has 0 saturated heterocycles. The first-order valence-corrected chi connectivity index (χ1v) is 8.91. The third-order valence-corrected chi connectivity index (χ3v) is 5.10. The van der Waals surface area contributed by atoms with Crippen LogP contribution in [0.4, 0.5) is 0 Å². The molecule has 0 aliphatic carbocycles. The van der Waals surface area contributed by atoms with Crippen molar-refractivity contribution in [1.29, 1.82) is 0 Å². The Morgan fingerprint density at radius 3 is 2.78 bits per heavy atom. The second-order valence-corrected chi connectivity index (χ2v) is 7.40. The van der Waals surface area contributed by atoms with Crippen molar-refractivity contribution in [2.75, 3.05) is 6.54 Å². The van der Waals surface area contributed by atoms with Gasteiger partial charge in [0.2, 0.25) is 0 Å². The lowest BCUT2D eigenvalue weighted by Gasteiger charge is -2.11. The van der Waals surface area contributed by atoms with E-state index in [1.165, 1.54) is 11.8 Å². The molecule has 5 nitrogen and oxygen atoms in total. The van der Waals surface area contributed by atoms with Gasteiger partial charge in [-0.05, 0) is 26.0 Å².